The van der Waals surface area contributed by atoms with E-state index in [0.29, 0.717) is 0 Å². The summed E-state index contributed by atoms with van der Waals surface area (Å²) in [6.07, 6.45) is 1.77. The fraction of sp³-hybridized carbons (Fsp3) is 0.750. The van der Waals surface area contributed by atoms with E-state index < -0.39 is 0 Å². The average molecular weight is 383 g/mol. The highest BCUT2D eigenvalue weighted by Gasteiger charge is 2.07. The number of halogens is 3. The molecule has 0 atom stereocenters. The van der Waals surface area contributed by atoms with Gasteiger partial charge in [-0.05, 0) is 13.8 Å². The molecule has 0 aromatic heterocycles. The van der Waals surface area contributed by atoms with Crippen molar-refractivity contribution in [1.29, 1.82) is 0 Å². The number of rotatable bonds is 2. The van der Waals surface area contributed by atoms with Crippen LogP contribution < -0.4 is 0 Å². The van der Waals surface area contributed by atoms with E-state index in [4.69, 9.17) is 0 Å². The predicted octanol–water partition coefficient (Wildman–Crippen LogP) is 3.89. The van der Waals surface area contributed by atoms with Gasteiger partial charge in [0, 0.05) is 34.2 Å². The molecule has 0 aliphatic carbocycles. The fourth-order valence-electron chi connectivity index (χ4n) is 0. The van der Waals surface area contributed by atoms with E-state index in [0.717, 1.165) is 12.6 Å². The lowest BCUT2D eigenvalue weighted by atomic mass is 10.3. The highest BCUT2D eigenvalue weighted by molar-refractivity contribution is 9.93. The molecule has 0 saturated heterocycles. The number of alkyl halides is 1. The Labute approximate surface area is 104 Å². The minimum Gasteiger partial charge on any atom is -0.303 e. The molecular weight excluding hydrogens is 368 g/mol. The summed E-state index contributed by atoms with van der Waals surface area (Å²) in [5.41, 5.74) is 0. The Morgan fingerprint density at radius 3 is 1.31 bits per heavy atom. The van der Waals surface area contributed by atoms with Crippen molar-refractivity contribution >= 4 is 56.8 Å². The van der Waals surface area contributed by atoms with Crippen molar-refractivity contribution in [2.24, 2.45) is 5.92 Å². The smallest absolute Gasteiger partial charge is 0.136 e. The number of aldehydes is 2. The maximum absolute atomic E-state index is 9.78. The number of carbonyl (C=O) groups is 2. The lowest BCUT2D eigenvalue weighted by Crippen LogP contribution is -2.09. The molecule has 0 aliphatic rings. The second-order valence-corrected chi connectivity index (χ2v) is 5.11. The van der Waals surface area contributed by atoms with Crippen LogP contribution in [0.3, 0.4) is 0 Å². The standard InChI is InChI=1S/C4H7BrO.C4H8O.Br2/c1-4(2,5)3-6;1-4(2)3-5;1-2/h3H,1-2H3;3-4H,1-2H3;. The SMILES string of the molecule is BrBr.CC(C)(Br)C=O.CC(C)C=O. The van der Waals surface area contributed by atoms with Gasteiger partial charge in [-0.25, -0.2) is 0 Å². The Hall–Kier alpha value is 0.780. The van der Waals surface area contributed by atoms with Crippen LogP contribution in [0.2, 0.25) is 0 Å². The van der Waals surface area contributed by atoms with Crippen molar-refractivity contribution in [1.82, 2.24) is 0 Å². The van der Waals surface area contributed by atoms with Crippen LogP contribution in [0.5, 0.6) is 0 Å². The lowest BCUT2D eigenvalue weighted by molar-refractivity contribution is -0.110. The van der Waals surface area contributed by atoms with Gasteiger partial charge in [0.05, 0.1) is 4.32 Å². The van der Waals surface area contributed by atoms with Crippen LogP contribution in [0.15, 0.2) is 0 Å². The molecule has 0 saturated carbocycles. The highest BCUT2D eigenvalue weighted by atomic mass is 80.9. The van der Waals surface area contributed by atoms with E-state index >= 15 is 0 Å². The van der Waals surface area contributed by atoms with Crippen LogP contribution in [0.4, 0.5) is 0 Å². The van der Waals surface area contributed by atoms with Crippen LogP contribution >= 0.6 is 44.2 Å². The third-order valence-corrected chi connectivity index (χ3v) is 0.739. The molecular formula is C8H15Br3O2. The first-order valence-electron chi connectivity index (χ1n) is 3.58. The summed E-state index contributed by atoms with van der Waals surface area (Å²) >= 11 is 8.61. The summed E-state index contributed by atoms with van der Waals surface area (Å²) in [4.78, 5) is 19.3. The van der Waals surface area contributed by atoms with Gasteiger partial charge in [0.15, 0.2) is 0 Å². The van der Waals surface area contributed by atoms with E-state index in [-0.39, 0.29) is 10.2 Å². The van der Waals surface area contributed by atoms with Gasteiger partial charge >= 0.3 is 0 Å². The van der Waals surface area contributed by atoms with E-state index in [2.05, 4.69) is 44.2 Å². The van der Waals surface area contributed by atoms with Gasteiger partial charge in [-0.1, -0.05) is 29.8 Å². The zero-order chi connectivity index (χ0) is 11.5. The average Bonchev–Trinajstić information content (AvgIpc) is 2.08. The minimum atomic E-state index is -0.326. The van der Waals surface area contributed by atoms with E-state index in [1.807, 2.05) is 13.8 Å². The summed E-state index contributed by atoms with van der Waals surface area (Å²) < 4.78 is -0.326. The molecule has 0 rings (SSSR count). The van der Waals surface area contributed by atoms with Gasteiger partial charge < -0.3 is 9.59 Å². The molecule has 0 N–H and O–H groups in total. The van der Waals surface area contributed by atoms with Crippen molar-refractivity contribution < 1.29 is 9.59 Å². The Kier molecular flexibility index (Phi) is 19.0. The zero-order valence-corrected chi connectivity index (χ0v) is 12.9. The van der Waals surface area contributed by atoms with Gasteiger partial charge in [0.25, 0.3) is 0 Å². The molecule has 0 heterocycles. The van der Waals surface area contributed by atoms with Crippen molar-refractivity contribution in [3.8, 4) is 0 Å². The molecule has 0 spiro atoms. The van der Waals surface area contributed by atoms with E-state index in [1.165, 1.54) is 0 Å². The number of hydrogen-bond donors (Lipinski definition) is 0. The normalized spacial score (nSPS) is 8.92. The van der Waals surface area contributed by atoms with Crippen LogP contribution in [0.1, 0.15) is 27.7 Å². The summed E-state index contributed by atoms with van der Waals surface area (Å²) in [5, 5.41) is 0. The second-order valence-electron chi connectivity index (χ2n) is 3.06. The predicted molar refractivity (Wildman–Crippen MR) is 67.8 cm³/mol. The third-order valence-electron chi connectivity index (χ3n) is 0.552. The number of hydrogen-bond acceptors (Lipinski definition) is 2. The zero-order valence-electron chi connectivity index (χ0n) is 8.18. The summed E-state index contributed by atoms with van der Waals surface area (Å²) in [6, 6.07) is 0. The van der Waals surface area contributed by atoms with Crippen molar-refractivity contribution in [2.45, 2.75) is 32.0 Å². The van der Waals surface area contributed by atoms with E-state index in [1.54, 1.807) is 13.8 Å². The van der Waals surface area contributed by atoms with Gasteiger partial charge in [-0.2, -0.15) is 0 Å². The maximum atomic E-state index is 9.78. The first kappa shape index (κ1) is 19.4. The molecule has 13 heavy (non-hydrogen) atoms. The Balaban J connectivity index is -0.000000131. The molecule has 0 aromatic rings. The van der Waals surface area contributed by atoms with Crippen molar-refractivity contribution in [3.05, 3.63) is 0 Å². The van der Waals surface area contributed by atoms with Crippen molar-refractivity contribution in [3.63, 3.8) is 0 Å². The maximum Gasteiger partial charge on any atom is 0.136 e. The summed E-state index contributed by atoms with van der Waals surface area (Å²) in [5.74, 6) is 0.204. The number of carbonyl (C=O) groups excluding carboxylic acids is 2. The molecule has 0 fully saturated rings. The fourth-order valence-corrected chi connectivity index (χ4v) is 0. The highest BCUT2D eigenvalue weighted by Crippen LogP contribution is 2.09. The minimum absolute atomic E-state index is 0.204. The summed E-state index contributed by atoms with van der Waals surface area (Å²) in [6.45, 7) is 7.29. The quantitative estimate of drug-likeness (QED) is 0.536. The van der Waals surface area contributed by atoms with Crippen LogP contribution in [0.25, 0.3) is 0 Å². The summed E-state index contributed by atoms with van der Waals surface area (Å²) in [7, 11) is 0. The monoisotopic (exact) mass is 380 g/mol. The molecule has 0 bridgehead atoms. The van der Waals surface area contributed by atoms with Crippen LogP contribution in [-0.4, -0.2) is 16.9 Å². The van der Waals surface area contributed by atoms with E-state index in [9.17, 15) is 9.59 Å². The molecule has 0 amide bonds. The van der Waals surface area contributed by atoms with Crippen LogP contribution in [0, 0.1) is 5.92 Å². The lowest BCUT2D eigenvalue weighted by Gasteiger charge is -2.00. The van der Waals surface area contributed by atoms with Crippen molar-refractivity contribution in [2.75, 3.05) is 0 Å². The molecule has 5 heteroatoms. The first-order valence-corrected chi connectivity index (χ1v) is 8.09. The Morgan fingerprint density at radius 2 is 1.31 bits per heavy atom. The molecule has 0 aromatic carbocycles. The van der Waals surface area contributed by atoms with Gasteiger partial charge in [-0.15, -0.1) is 0 Å². The van der Waals surface area contributed by atoms with Gasteiger partial charge in [-0.3, -0.25) is 0 Å². The molecule has 2 nitrogen and oxygen atoms in total. The molecule has 0 radical (unpaired) electrons. The topological polar surface area (TPSA) is 34.1 Å². The Morgan fingerprint density at radius 1 is 1.15 bits per heavy atom. The molecule has 0 aliphatic heterocycles. The molecule has 0 unspecified atom stereocenters. The first-order chi connectivity index (χ1) is 5.83. The van der Waals surface area contributed by atoms with Gasteiger partial charge in [0.1, 0.15) is 12.6 Å². The largest absolute Gasteiger partial charge is 0.303 e. The second kappa shape index (κ2) is 12.8. The van der Waals surface area contributed by atoms with Crippen LogP contribution in [-0.2, 0) is 9.59 Å². The Bertz CT molecular complexity index is 119. The van der Waals surface area contributed by atoms with Gasteiger partial charge in [0.2, 0.25) is 0 Å². The third kappa shape index (κ3) is 44.5. The molecule has 80 valence electrons.